The molecular weight excluding hydrogens is 245 g/mol. The molecule has 0 amide bonds. The smallest absolute Gasteiger partial charge is 0.118 e. The quantitative estimate of drug-likeness (QED) is 0.490. The first-order chi connectivity index (χ1) is 4.35. The molecule has 1 saturated heterocycles. The summed E-state index contributed by atoms with van der Waals surface area (Å²) < 4.78 is 1.39. The number of hydrogen-bond acceptors (Lipinski definition) is 3. The largest absolute Gasteiger partial charge is 0.256 e. The maximum atomic E-state index is 5.36. The molecule has 1 aliphatic heterocycles. The standard InChI is InChI=1S/C6H12INO2/c1-5(2)6(3,4)10-8(7)9-5/h1-4H3. The minimum Gasteiger partial charge on any atom is -0.256 e. The van der Waals surface area contributed by atoms with E-state index in [1.807, 2.05) is 50.6 Å². The fraction of sp³-hybridized carbons (Fsp3) is 1.00. The van der Waals surface area contributed by atoms with Crippen molar-refractivity contribution in [1.82, 2.24) is 3.44 Å². The molecule has 0 unspecified atom stereocenters. The zero-order valence-electron chi connectivity index (χ0n) is 6.64. The van der Waals surface area contributed by atoms with Crippen LogP contribution < -0.4 is 0 Å². The molecule has 0 N–H and O–H groups in total. The normalized spacial score (nSPS) is 30.9. The average Bonchev–Trinajstić information content (AvgIpc) is 1.73. The van der Waals surface area contributed by atoms with E-state index in [1.54, 1.807) is 0 Å². The average molecular weight is 257 g/mol. The second-order valence-corrected chi connectivity index (χ2v) is 4.20. The third-order valence-corrected chi connectivity index (χ3v) is 2.44. The molecule has 3 nitrogen and oxygen atoms in total. The molecule has 0 atom stereocenters. The van der Waals surface area contributed by atoms with Gasteiger partial charge in [0.1, 0.15) is 11.2 Å². The molecule has 1 rings (SSSR count). The second-order valence-electron chi connectivity index (χ2n) is 3.42. The van der Waals surface area contributed by atoms with Gasteiger partial charge in [-0.15, -0.1) is 0 Å². The highest BCUT2D eigenvalue weighted by Gasteiger charge is 2.49. The van der Waals surface area contributed by atoms with E-state index in [0.29, 0.717) is 0 Å². The van der Waals surface area contributed by atoms with E-state index in [2.05, 4.69) is 0 Å². The first-order valence-electron chi connectivity index (χ1n) is 3.19. The molecule has 0 aromatic rings. The Hall–Kier alpha value is 0.610. The fourth-order valence-corrected chi connectivity index (χ4v) is 1.58. The number of rotatable bonds is 0. The molecule has 1 aliphatic rings. The van der Waals surface area contributed by atoms with Gasteiger partial charge in [0.25, 0.3) is 0 Å². The first kappa shape index (κ1) is 8.70. The zero-order valence-corrected chi connectivity index (χ0v) is 8.80. The lowest BCUT2D eigenvalue weighted by atomic mass is 9.90. The molecule has 1 heterocycles. The Labute approximate surface area is 75.1 Å². The second kappa shape index (κ2) is 2.30. The van der Waals surface area contributed by atoms with Crippen LogP contribution in [-0.4, -0.2) is 14.6 Å². The maximum absolute atomic E-state index is 5.36. The molecular formula is C6H12INO2. The topological polar surface area (TPSA) is 21.7 Å². The lowest BCUT2D eigenvalue weighted by Crippen LogP contribution is -2.41. The Morgan fingerprint density at radius 3 is 1.40 bits per heavy atom. The molecule has 0 saturated carbocycles. The minimum absolute atomic E-state index is 0.242. The molecule has 0 bridgehead atoms. The van der Waals surface area contributed by atoms with Crippen LogP contribution >= 0.6 is 22.9 Å². The van der Waals surface area contributed by atoms with Crippen LogP contribution in [0.25, 0.3) is 0 Å². The summed E-state index contributed by atoms with van der Waals surface area (Å²) in [5, 5.41) is 0. The van der Waals surface area contributed by atoms with Crippen LogP contribution in [0.4, 0.5) is 0 Å². The van der Waals surface area contributed by atoms with Gasteiger partial charge in [0.15, 0.2) is 0 Å². The summed E-state index contributed by atoms with van der Waals surface area (Å²) in [5.41, 5.74) is -0.484. The Morgan fingerprint density at radius 1 is 1.00 bits per heavy atom. The van der Waals surface area contributed by atoms with Gasteiger partial charge in [-0.2, -0.15) is 0 Å². The minimum atomic E-state index is -0.242. The molecule has 1 fully saturated rings. The SMILES string of the molecule is CC1(C)ON(I)OC1(C)C. The third kappa shape index (κ3) is 1.30. The maximum Gasteiger partial charge on any atom is 0.118 e. The highest BCUT2D eigenvalue weighted by molar-refractivity contribution is 14.1. The summed E-state index contributed by atoms with van der Waals surface area (Å²) in [7, 11) is 0. The molecule has 0 radical (unpaired) electrons. The van der Waals surface area contributed by atoms with E-state index in [0.717, 1.165) is 0 Å². The van der Waals surface area contributed by atoms with E-state index in [9.17, 15) is 0 Å². The molecule has 0 aliphatic carbocycles. The van der Waals surface area contributed by atoms with Gasteiger partial charge in [-0.05, 0) is 31.1 Å². The van der Waals surface area contributed by atoms with Crippen molar-refractivity contribution >= 4 is 22.9 Å². The monoisotopic (exact) mass is 257 g/mol. The fourth-order valence-electron chi connectivity index (χ4n) is 0.597. The van der Waals surface area contributed by atoms with E-state index < -0.39 is 0 Å². The van der Waals surface area contributed by atoms with Gasteiger partial charge >= 0.3 is 0 Å². The van der Waals surface area contributed by atoms with Crippen LogP contribution in [0.3, 0.4) is 0 Å². The molecule has 0 aromatic heterocycles. The molecule has 10 heavy (non-hydrogen) atoms. The predicted octanol–water partition coefficient (Wildman–Crippen LogP) is 2.07. The Bertz CT molecular complexity index is 131. The summed E-state index contributed by atoms with van der Waals surface area (Å²) in [5.74, 6) is 0. The Kier molecular flexibility index (Phi) is 2.00. The van der Waals surface area contributed by atoms with Crippen molar-refractivity contribution in [1.29, 1.82) is 0 Å². The number of hydrogen-bond donors (Lipinski definition) is 0. The van der Waals surface area contributed by atoms with Crippen LogP contribution in [0.2, 0.25) is 0 Å². The van der Waals surface area contributed by atoms with Crippen LogP contribution in [0.5, 0.6) is 0 Å². The van der Waals surface area contributed by atoms with Crippen molar-refractivity contribution in [3.05, 3.63) is 0 Å². The first-order valence-corrected chi connectivity index (χ1v) is 4.16. The summed E-state index contributed by atoms with van der Waals surface area (Å²) in [6, 6.07) is 0. The van der Waals surface area contributed by atoms with Crippen LogP contribution in [0.1, 0.15) is 27.7 Å². The number of halogens is 1. The summed E-state index contributed by atoms with van der Waals surface area (Å²) in [6.45, 7) is 8.02. The van der Waals surface area contributed by atoms with Gasteiger partial charge in [-0.25, -0.2) is 0 Å². The van der Waals surface area contributed by atoms with Crippen LogP contribution in [0, 0.1) is 0 Å². The van der Waals surface area contributed by atoms with Crippen molar-refractivity contribution in [3.63, 3.8) is 0 Å². The van der Waals surface area contributed by atoms with E-state index in [4.69, 9.17) is 9.68 Å². The predicted molar refractivity (Wildman–Crippen MR) is 46.2 cm³/mol. The summed E-state index contributed by atoms with van der Waals surface area (Å²) in [4.78, 5) is 10.7. The van der Waals surface area contributed by atoms with E-state index in [-0.39, 0.29) is 11.2 Å². The van der Waals surface area contributed by atoms with Gasteiger partial charge in [-0.1, -0.05) is 0 Å². The van der Waals surface area contributed by atoms with Gasteiger partial charge in [-0.3, -0.25) is 9.68 Å². The highest BCUT2D eigenvalue weighted by atomic mass is 127. The van der Waals surface area contributed by atoms with Gasteiger partial charge in [0.2, 0.25) is 0 Å². The van der Waals surface area contributed by atoms with Crippen molar-refractivity contribution in [2.45, 2.75) is 38.9 Å². The third-order valence-electron chi connectivity index (χ3n) is 2.05. The molecule has 0 aromatic carbocycles. The lowest BCUT2D eigenvalue weighted by Gasteiger charge is -2.27. The molecule has 0 spiro atoms. The van der Waals surface area contributed by atoms with Gasteiger partial charge in [0.05, 0.1) is 22.9 Å². The van der Waals surface area contributed by atoms with Crippen molar-refractivity contribution in [3.8, 4) is 0 Å². The van der Waals surface area contributed by atoms with Crippen molar-refractivity contribution in [2.75, 3.05) is 0 Å². The Balaban J connectivity index is 2.78. The molecule has 60 valence electrons. The lowest BCUT2D eigenvalue weighted by molar-refractivity contribution is -0.226. The number of nitrogens with zero attached hydrogens (tertiary/aromatic N) is 1. The van der Waals surface area contributed by atoms with Crippen LogP contribution in [-0.2, 0) is 9.68 Å². The van der Waals surface area contributed by atoms with E-state index in [1.165, 1.54) is 3.44 Å². The van der Waals surface area contributed by atoms with Crippen molar-refractivity contribution in [2.24, 2.45) is 0 Å². The van der Waals surface area contributed by atoms with Crippen molar-refractivity contribution < 1.29 is 9.68 Å². The summed E-state index contributed by atoms with van der Waals surface area (Å²) >= 11 is 1.97. The highest BCUT2D eigenvalue weighted by Crippen LogP contribution is 2.38. The van der Waals surface area contributed by atoms with Gasteiger partial charge < -0.3 is 0 Å². The van der Waals surface area contributed by atoms with E-state index >= 15 is 0 Å². The summed E-state index contributed by atoms with van der Waals surface area (Å²) in [6.07, 6.45) is 0. The van der Waals surface area contributed by atoms with Crippen LogP contribution in [0.15, 0.2) is 0 Å². The van der Waals surface area contributed by atoms with Gasteiger partial charge in [0, 0.05) is 0 Å². The zero-order chi connectivity index (χ0) is 7.99. The molecule has 4 heteroatoms. The Morgan fingerprint density at radius 2 is 1.30 bits per heavy atom.